The number of fused-ring (bicyclic) bond motifs is 1. The molecule has 1 aliphatic heterocycles. The summed E-state index contributed by atoms with van der Waals surface area (Å²) in [5.74, 6) is 0.335. The fraction of sp³-hybridized carbons (Fsp3) is 0.235. The molecule has 0 bridgehead atoms. The Kier molecular flexibility index (Phi) is 3.13. The van der Waals surface area contributed by atoms with Crippen molar-refractivity contribution < 1.29 is 0 Å². The zero-order chi connectivity index (χ0) is 14.2. The minimum atomic E-state index is 0.0804. The minimum absolute atomic E-state index is 0.0804. The van der Waals surface area contributed by atoms with Gasteiger partial charge in [0.05, 0.1) is 4.88 Å². The Bertz CT molecular complexity index is 843. The maximum Gasteiger partial charge on any atom is 0.262 e. The van der Waals surface area contributed by atoms with Crippen LogP contribution in [0.2, 0.25) is 0 Å². The summed E-state index contributed by atoms with van der Waals surface area (Å²) in [4.78, 5) is 13.3. The zero-order valence-electron chi connectivity index (χ0n) is 11.6. The van der Waals surface area contributed by atoms with E-state index in [1.165, 1.54) is 22.3 Å². The molecule has 4 rings (SSSR count). The molecule has 2 N–H and O–H groups in total. The number of rotatable bonds is 2. The molecule has 0 amide bonds. The van der Waals surface area contributed by atoms with E-state index in [1.54, 1.807) is 0 Å². The highest BCUT2D eigenvalue weighted by molar-refractivity contribution is 7.09. The first-order valence-corrected chi connectivity index (χ1v) is 8.06. The summed E-state index contributed by atoms with van der Waals surface area (Å²) in [6.07, 6.45) is 1.04. The Morgan fingerprint density at radius 1 is 1.10 bits per heavy atom. The maximum absolute atomic E-state index is 12.2. The molecule has 1 atom stereocenters. The fourth-order valence-electron chi connectivity index (χ4n) is 3.13. The van der Waals surface area contributed by atoms with E-state index in [1.807, 2.05) is 12.1 Å². The van der Waals surface area contributed by atoms with Crippen LogP contribution in [0.1, 0.15) is 17.9 Å². The van der Waals surface area contributed by atoms with E-state index in [4.69, 9.17) is 0 Å². The Labute approximate surface area is 126 Å². The molecule has 3 nitrogen and oxygen atoms in total. The van der Waals surface area contributed by atoms with Crippen LogP contribution >= 0.6 is 11.5 Å². The van der Waals surface area contributed by atoms with Crippen LogP contribution < -0.4 is 10.9 Å². The van der Waals surface area contributed by atoms with Gasteiger partial charge in [-0.15, -0.1) is 0 Å². The number of H-pyrrole nitrogens is 1. The molecule has 0 radical (unpaired) electrons. The Balaban J connectivity index is 1.86. The standard InChI is InChI=1S/C17H16N2OS/c20-17-15(14-7-8-18-10-14)16(21-19-17)13-6-5-11-3-1-2-4-12(11)9-13/h1-6,9,14,18H,7-8,10H2,(H,19,20). The van der Waals surface area contributed by atoms with Crippen molar-refractivity contribution >= 4 is 22.3 Å². The van der Waals surface area contributed by atoms with Gasteiger partial charge in [-0.05, 0) is 35.4 Å². The highest BCUT2D eigenvalue weighted by Crippen LogP contribution is 2.34. The van der Waals surface area contributed by atoms with E-state index in [0.29, 0.717) is 5.92 Å². The number of hydrogen-bond donors (Lipinski definition) is 2. The van der Waals surface area contributed by atoms with Crippen LogP contribution in [0.3, 0.4) is 0 Å². The van der Waals surface area contributed by atoms with Gasteiger partial charge in [-0.3, -0.25) is 9.17 Å². The Hall–Kier alpha value is -1.91. The lowest BCUT2D eigenvalue weighted by atomic mass is 9.96. The molecule has 1 saturated heterocycles. The number of aromatic nitrogens is 1. The number of benzene rings is 2. The van der Waals surface area contributed by atoms with Gasteiger partial charge in [-0.1, -0.05) is 47.9 Å². The molecule has 1 fully saturated rings. The second kappa shape index (κ2) is 5.13. The summed E-state index contributed by atoms with van der Waals surface area (Å²) in [6, 6.07) is 14.8. The van der Waals surface area contributed by atoms with Gasteiger partial charge in [-0.25, -0.2) is 0 Å². The zero-order valence-corrected chi connectivity index (χ0v) is 12.4. The second-order valence-electron chi connectivity index (χ2n) is 5.53. The molecule has 0 aliphatic carbocycles. The molecule has 4 heteroatoms. The summed E-state index contributed by atoms with van der Waals surface area (Å²) in [5.41, 5.74) is 2.18. The van der Waals surface area contributed by atoms with Gasteiger partial charge in [0.25, 0.3) is 5.56 Å². The minimum Gasteiger partial charge on any atom is -0.316 e. The third kappa shape index (κ3) is 2.20. The first-order valence-electron chi connectivity index (χ1n) is 7.24. The van der Waals surface area contributed by atoms with Crippen molar-refractivity contribution in [1.82, 2.24) is 9.69 Å². The van der Waals surface area contributed by atoms with Crippen LogP contribution in [0.25, 0.3) is 21.2 Å². The lowest BCUT2D eigenvalue weighted by molar-refractivity contribution is 0.759. The molecule has 1 aromatic heterocycles. The molecular formula is C17H16N2OS. The van der Waals surface area contributed by atoms with Crippen molar-refractivity contribution in [3.63, 3.8) is 0 Å². The molecule has 106 valence electrons. The smallest absolute Gasteiger partial charge is 0.262 e. The molecule has 1 aliphatic rings. The Morgan fingerprint density at radius 3 is 2.76 bits per heavy atom. The quantitative estimate of drug-likeness (QED) is 0.762. The molecule has 0 saturated carbocycles. The molecule has 1 unspecified atom stereocenters. The van der Waals surface area contributed by atoms with Crippen molar-refractivity contribution in [2.75, 3.05) is 13.1 Å². The van der Waals surface area contributed by atoms with Crippen LogP contribution in [0.5, 0.6) is 0 Å². The van der Waals surface area contributed by atoms with Crippen molar-refractivity contribution in [3.05, 3.63) is 58.4 Å². The van der Waals surface area contributed by atoms with Gasteiger partial charge in [-0.2, -0.15) is 0 Å². The first-order chi connectivity index (χ1) is 10.3. The van der Waals surface area contributed by atoms with Crippen molar-refractivity contribution in [2.24, 2.45) is 0 Å². The molecule has 2 heterocycles. The molecule has 0 spiro atoms. The maximum atomic E-state index is 12.2. The third-order valence-corrected chi connectivity index (χ3v) is 5.16. The lowest BCUT2D eigenvalue weighted by Crippen LogP contribution is -2.14. The van der Waals surface area contributed by atoms with Crippen LogP contribution in [-0.4, -0.2) is 17.5 Å². The fourth-order valence-corrected chi connectivity index (χ4v) is 4.05. The topological polar surface area (TPSA) is 44.9 Å². The van der Waals surface area contributed by atoms with Crippen molar-refractivity contribution in [3.8, 4) is 10.4 Å². The van der Waals surface area contributed by atoms with Gasteiger partial charge in [0.2, 0.25) is 0 Å². The summed E-state index contributed by atoms with van der Waals surface area (Å²) < 4.78 is 2.92. The third-order valence-electron chi connectivity index (χ3n) is 4.22. The Morgan fingerprint density at radius 2 is 1.95 bits per heavy atom. The van der Waals surface area contributed by atoms with Crippen LogP contribution in [-0.2, 0) is 0 Å². The average Bonchev–Trinajstić information content (AvgIpc) is 3.15. The van der Waals surface area contributed by atoms with E-state index in [-0.39, 0.29) is 5.56 Å². The molecular weight excluding hydrogens is 280 g/mol. The van der Waals surface area contributed by atoms with Gasteiger partial charge in [0, 0.05) is 18.0 Å². The van der Waals surface area contributed by atoms with E-state index < -0.39 is 0 Å². The highest BCUT2D eigenvalue weighted by atomic mass is 32.1. The van der Waals surface area contributed by atoms with E-state index >= 15 is 0 Å². The van der Waals surface area contributed by atoms with Gasteiger partial charge >= 0.3 is 0 Å². The SMILES string of the molecule is O=c1[nH]sc(-c2ccc3ccccc3c2)c1C1CCNC1. The second-order valence-corrected chi connectivity index (χ2v) is 6.34. The number of nitrogens with one attached hydrogen (secondary N) is 2. The van der Waals surface area contributed by atoms with Crippen LogP contribution in [0, 0.1) is 0 Å². The molecule has 21 heavy (non-hydrogen) atoms. The van der Waals surface area contributed by atoms with Gasteiger partial charge in [0.1, 0.15) is 0 Å². The molecule has 3 aromatic rings. The first kappa shape index (κ1) is 12.8. The summed E-state index contributed by atoms with van der Waals surface area (Å²) in [7, 11) is 0. The predicted octanol–water partition coefficient (Wildman–Crippen LogP) is 3.33. The normalized spacial score (nSPS) is 18.4. The van der Waals surface area contributed by atoms with E-state index in [2.05, 4.69) is 40.0 Å². The largest absolute Gasteiger partial charge is 0.316 e. The predicted molar refractivity (Wildman–Crippen MR) is 88.1 cm³/mol. The molecule has 2 aromatic carbocycles. The monoisotopic (exact) mass is 296 g/mol. The van der Waals surface area contributed by atoms with Crippen LogP contribution in [0.15, 0.2) is 47.3 Å². The van der Waals surface area contributed by atoms with Crippen molar-refractivity contribution in [1.29, 1.82) is 0 Å². The van der Waals surface area contributed by atoms with Crippen LogP contribution in [0.4, 0.5) is 0 Å². The number of aromatic amines is 1. The van der Waals surface area contributed by atoms with E-state index in [9.17, 15) is 4.79 Å². The summed E-state index contributed by atoms with van der Waals surface area (Å²) in [5, 5.41) is 5.79. The lowest BCUT2D eigenvalue weighted by Gasteiger charge is -2.09. The highest BCUT2D eigenvalue weighted by Gasteiger charge is 2.24. The van der Waals surface area contributed by atoms with Crippen molar-refractivity contribution in [2.45, 2.75) is 12.3 Å². The summed E-state index contributed by atoms with van der Waals surface area (Å²) in [6.45, 7) is 1.90. The number of hydrogen-bond acceptors (Lipinski definition) is 3. The van der Waals surface area contributed by atoms with Gasteiger partial charge in [0.15, 0.2) is 0 Å². The van der Waals surface area contributed by atoms with Gasteiger partial charge < -0.3 is 5.32 Å². The van der Waals surface area contributed by atoms with E-state index in [0.717, 1.165) is 35.5 Å². The average molecular weight is 296 g/mol. The summed E-state index contributed by atoms with van der Waals surface area (Å²) >= 11 is 1.46.